The van der Waals surface area contributed by atoms with E-state index in [0.29, 0.717) is 33.1 Å². The molecule has 2 aromatic heterocycles. The van der Waals surface area contributed by atoms with Gasteiger partial charge in [0.05, 0.1) is 29.5 Å². The van der Waals surface area contributed by atoms with E-state index in [1.165, 1.54) is 0 Å². The maximum Gasteiger partial charge on any atom is 0.147 e. The molecule has 9 rings (SSSR count). The molecule has 2 heteroatoms. The highest BCUT2D eigenvalue weighted by Gasteiger charge is 2.20. The predicted molar refractivity (Wildman–Crippen MR) is 175 cm³/mol. The Morgan fingerprint density at radius 1 is 0.476 bits per heavy atom. The highest BCUT2D eigenvalue weighted by atomic mass is 16.3. The minimum atomic E-state index is -0.720. The molecular formula is C40H24O2. The average molecular weight is 550 g/mol. The van der Waals surface area contributed by atoms with E-state index >= 15 is 0 Å². The molecule has 9 aromatic rings. The number of fused-ring (bicyclic) bond motifs is 7. The van der Waals surface area contributed by atoms with E-state index in [0.717, 1.165) is 16.5 Å². The van der Waals surface area contributed by atoms with Crippen molar-refractivity contribution in [3.8, 4) is 33.4 Å². The van der Waals surface area contributed by atoms with Crippen LogP contribution in [0, 0.1) is 0 Å². The zero-order chi connectivity index (χ0) is 38.9. The van der Waals surface area contributed by atoms with Gasteiger partial charge in [-0.05, 0) is 73.6 Å². The van der Waals surface area contributed by atoms with Crippen molar-refractivity contribution in [2.75, 3.05) is 0 Å². The molecule has 0 amide bonds. The third-order valence-corrected chi connectivity index (χ3v) is 7.67. The van der Waals surface area contributed by atoms with Gasteiger partial charge in [-0.25, -0.2) is 0 Å². The summed E-state index contributed by atoms with van der Waals surface area (Å²) in [6.45, 7) is 0. The quantitative estimate of drug-likeness (QED) is 0.205. The summed E-state index contributed by atoms with van der Waals surface area (Å²) in [6.07, 6.45) is 1.66. The molecule has 0 aliphatic heterocycles. The smallest absolute Gasteiger partial charge is 0.147 e. The average Bonchev–Trinajstić information content (AvgIpc) is 3.80. The third-order valence-electron chi connectivity index (χ3n) is 7.67. The summed E-state index contributed by atoms with van der Waals surface area (Å²) in [7, 11) is 0. The van der Waals surface area contributed by atoms with E-state index in [1.807, 2.05) is 42.5 Å². The van der Waals surface area contributed by atoms with Crippen LogP contribution in [-0.2, 0) is 0 Å². The van der Waals surface area contributed by atoms with Crippen molar-refractivity contribution in [2.24, 2.45) is 0 Å². The van der Waals surface area contributed by atoms with Crippen LogP contribution in [0.3, 0.4) is 0 Å². The Morgan fingerprint density at radius 3 is 1.79 bits per heavy atom. The molecule has 196 valence electrons. The van der Waals surface area contributed by atoms with Crippen LogP contribution in [0.5, 0.6) is 0 Å². The summed E-state index contributed by atoms with van der Waals surface area (Å²) in [6, 6.07) is 9.90. The number of rotatable bonds is 3. The lowest BCUT2D eigenvalue weighted by Gasteiger charge is -2.17. The summed E-state index contributed by atoms with van der Waals surface area (Å²) >= 11 is 0. The van der Waals surface area contributed by atoms with Gasteiger partial charge >= 0.3 is 0 Å². The number of furan rings is 2. The van der Waals surface area contributed by atoms with Gasteiger partial charge in [0.2, 0.25) is 0 Å². The van der Waals surface area contributed by atoms with Crippen LogP contribution < -0.4 is 0 Å². The standard InChI is InChI=1S/C40H24O2/c1-3-11-25(12-4-1)34-24-41-36-22-20-32-33-23-27(19-21-35(33)42-40(32)39(34)36)38-30-17-9-7-15-28(30)37(26-13-5-2-6-14-26)29-16-8-10-18-31(29)38/h1-24H/i2D,5D,6D,7D,8D,9D,10D,13D,14D,15D,16D,17D,18D. The second-order valence-corrected chi connectivity index (χ2v) is 9.89. The maximum atomic E-state index is 9.23. The molecule has 0 spiro atoms. The maximum absolute atomic E-state index is 9.23. The van der Waals surface area contributed by atoms with Crippen molar-refractivity contribution in [3.63, 3.8) is 0 Å². The van der Waals surface area contributed by atoms with Gasteiger partial charge in [0.25, 0.3) is 0 Å². The van der Waals surface area contributed by atoms with Crippen molar-refractivity contribution in [1.82, 2.24) is 0 Å². The number of benzene rings is 7. The fraction of sp³-hybridized carbons (Fsp3) is 0. The summed E-state index contributed by atoms with van der Waals surface area (Å²) in [5, 5.41) is 1.21. The first-order chi connectivity index (χ1) is 26.2. The Kier molecular flexibility index (Phi) is 2.95. The molecule has 0 saturated heterocycles. The monoisotopic (exact) mass is 549 g/mol. The fourth-order valence-electron chi connectivity index (χ4n) is 5.88. The molecular weight excluding hydrogens is 512 g/mol. The molecule has 0 N–H and O–H groups in total. The largest absolute Gasteiger partial charge is 0.464 e. The van der Waals surface area contributed by atoms with E-state index < -0.39 is 84.1 Å². The summed E-state index contributed by atoms with van der Waals surface area (Å²) < 4.78 is 127. The van der Waals surface area contributed by atoms with Gasteiger partial charge in [0.1, 0.15) is 16.7 Å². The zero-order valence-corrected chi connectivity index (χ0v) is 21.7. The normalized spacial score (nSPS) is 16.1. The van der Waals surface area contributed by atoms with Gasteiger partial charge in [-0.2, -0.15) is 0 Å². The summed E-state index contributed by atoms with van der Waals surface area (Å²) in [5.74, 6) is 0. The van der Waals surface area contributed by atoms with E-state index in [9.17, 15) is 2.74 Å². The Bertz CT molecular complexity index is 3070. The fourth-order valence-corrected chi connectivity index (χ4v) is 5.88. The molecule has 0 radical (unpaired) electrons. The van der Waals surface area contributed by atoms with Crippen LogP contribution in [0.15, 0.2) is 154 Å². The molecule has 42 heavy (non-hydrogen) atoms. The molecule has 0 bridgehead atoms. The van der Waals surface area contributed by atoms with Gasteiger partial charge in [-0.3, -0.25) is 0 Å². The van der Waals surface area contributed by atoms with E-state index in [-0.39, 0.29) is 32.7 Å². The van der Waals surface area contributed by atoms with Crippen LogP contribution in [0.25, 0.3) is 87.8 Å². The molecule has 0 unspecified atom stereocenters. The first-order valence-corrected chi connectivity index (χ1v) is 13.2. The van der Waals surface area contributed by atoms with Crippen LogP contribution >= 0.6 is 0 Å². The zero-order valence-electron chi connectivity index (χ0n) is 34.7. The third kappa shape index (κ3) is 3.33. The minimum absolute atomic E-state index is 0.0470. The molecule has 0 fully saturated rings. The van der Waals surface area contributed by atoms with Gasteiger partial charge in [0.15, 0.2) is 0 Å². The molecule has 0 aliphatic rings. The Hall–Kier alpha value is -5.60. The molecule has 7 aromatic carbocycles. The van der Waals surface area contributed by atoms with Gasteiger partial charge in [-0.1, -0.05) is 115 Å². The molecule has 0 saturated carbocycles. The number of hydrogen-bond donors (Lipinski definition) is 0. The van der Waals surface area contributed by atoms with Crippen LogP contribution in [0.2, 0.25) is 0 Å². The predicted octanol–water partition coefficient (Wildman–Crippen LogP) is 11.6. The lowest BCUT2D eigenvalue weighted by atomic mass is 9.86. The van der Waals surface area contributed by atoms with Gasteiger partial charge in [-0.15, -0.1) is 0 Å². The van der Waals surface area contributed by atoms with Crippen molar-refractivity contribution in [3.05, 3.63) is 145 Å². The van der Waals surface area contributed by atoms with Crippen molar-refractivity contribution >= 4 is 54.5 Å². The summed E-state index contributed by atoms with van der Waals surface area (Å²) in [5.41, 5.74) is 2.91. The first-order valence-electron chi connectivity index (χ1n) is 19.7. The Morgan fingerprint density at radius 2 is 1.10 bits per heavy atom. The summed E-state index contributed by atoms with van der Waals surface area (Å²) in [4.78, 5) is 0. The molecule has 0 aliphatic carbocycles. The van der Waals surface area contributed by atoms with Crippen molar-refractivity contribution in [2.45, 2.75) is 0 Å². The van der Waals surface area contributed by atoms with Crippen LogP contribution in [-0.4, -0.2) is 0 Å². The van der Waals surface area contributed by atoms with E-state index in [4.69, 9.17) is 23.9 Å². The van der Waals surface area contributed by atoms with E-state index in [2.05, 4.69) is 0 Å². The number of hydrogen-bond acceptors (Lipinski definition) is 2. The topological polar surface area (TPSA) is 26.3 Å². The highest BCUT2D eigenvalue weighted by molar-refractivity contribution is 6.23. The second kappa shape index (κ2) is 8.95. The molecule has 2 nitrogen and oxygen atoms in total. The van der Waals surface area contributed by atoms with Crippen LogP contribution in [0.4, 0.5) is 0 Å². The lowest BCUT2D eigenvalue weighted by molar-refractivity contribution is 0.616. The lowest BCUT2D eigenvalue weighted by Crippen LogP contribution is -1.90. The Balaban J connectivity index is 1.49. The van der Waals surface area contributed by atoms with Crippen LogP contribution in [0.1, 0.15) is 17.8 Å². The first kappa shape index (κ1) is 13.8. The second-order valence-electron chi connectivity index (χ2n) is 9.89. The van der Waals surface area contributed by atoms with Gasteiger partial charge < -0.3 is 8.83 Å². The van der Waals surface area contributed by atoms with Gasteiger partial charge in [0, 0.05) is 16.3 Å². The Labute approximate surface area is 260 Å². The molecule has 0 atom stereocenters. The van der Waals surface area contributed by atoms with Crippen molar-refractivity contribution < 1.29 is 26.7 Å². The molecule has 2 heterocycles. The van der Waals surface area contributed by atoms with Crippen molar-refractivity contribution in [1.29, 1.82) is 0 Å². The van der Waals surface area contributed by atoms with E-state index in [1.54, 1.807) is 24.5 Å². The highest BCUT2D eigenvalue weighted by Crippen LogP contribution is 2.45. The minimum Gasteiger partial charge on any atom is -0.464 e. The SMILES string of the molecule is [2H]c1c([2H])c([2H])c(-c2c3c([2H])c([2H])c([2H])c([2H])c3c(-c3ccc4oc5c(ccc6occ(-c7ccccc7)c65)c4c3)c3c([2H])c([2H])c([2H])c([2H])c23)c([2H])c1[2H].